The molecule has 1 amide bonds. The summed E-state index contributed by atoms with van der Waals surface area (Å²) in [6.07, 6.45) is -1.91. The first-order chi connectivity index (χ1) is 9.84. The highest BCUT2D eigenvalue weighted by Crippen LogP contribution is 2.35. The van der Waals surface area contributed by atoms with Crippen molar-refractivity contribution in [1.29, 1.82) is 0 Å². The number of rotatable bonds is 2. The van der Waals surface area contributed by atoms with Crippen molar-refractivity contribution in [3.05, 3.63) is 28.5 Å². The van der Waals surface area contributed by atoms with E-state index in [-0.39, 0.29) is 17.8 Å². The summed E-state index contributed by atoms with van der Waals surface area (Å²) in [7, 11) is 0. The van der Waals surface area contributed by atoms with Gasteiger partial charge in [0.05, 0.1) is 10.6 Å². The number of amides is 1. The highest BCUT2D eigenvalue weighted by molar-refractivity contribution is 6.31. The van der Waals surface area contributed by atoms with E-state index in [1.165, 1.54) is 0 Å². The number of fused-ring (bicyclic) bond motifs is 2. The Bertz CT molecular complexity index is 578. The maximum Gasteiger partial charge on any atom is 0.417 e. The Morgan fingerprint density at radius 3 is 2.76 bits per heavy atom. The molecule has 2 heterocycles. The molecule has 21 heavy (non-hydrogen) atoms. The molecule has 3 rings (SSSR count). The molecular weight excluding hydrogens is 307 g/mol. The zero-order valence-corrected chi connectivity index (χ0v) is 11.6. The normalized spacial score (nSPS) is 27.9. The number of piperidine rings is 1. The molecule has 1 aliphatic carbocycles. The smallest absolute Gasteiger partial charge is 0.346 e. The van der Waals surface area contributed by atoms with Crippen LogP contribution in [0.25, 0.3) is 0 Å². The SMILES string of the molecule is O=C(NC1CC2CNC1C2)c1cc(C(F)(F)F)c(Cl)cn1. The fourth-order valence-corrected chi connectivity index (χ4v) is 3.25. The summed E-state index contributed by atoms with van der Waals surface area (Å²) in [5.41, 5.74) is -1.31. The standard InChI is InChI=1S/C13H13ClF3N3O/c14-8-5-19-11(3-7(8)13(15,16)17)12(21)20-10-2-6-1-9(10)18-4-6/h3,5-6,9-10,18H,1-2,4H2,(H,20,21). The van der Waals surface area contributed by atoms with E-state index < -0.39 is 22.7 Å². The van der Waals surface area contributed by atoms with Crippen LogP contribution in [-0.4, -0.2) is 29.5 Å². The van der Waals surface area contributed by atoms with Crippen LogP contribution in [0, 0.1) is 5.92 Å². The maximum atomic E-state index is 12.8. The topological polar surface area (TPSA) is 54.0 Å². The van der Waals surface area contributed by atoms with Gasteiger partial charge in [0, 0.05) is 18.3 Å². The maximum absolute atomic E-state index is 12.8. The van der Waals surface area contributed by atoms with E-state index >= 15 is 0 Å². The summed E-state index contributed by atoms with van der Waals surface area (Å²) >= 11 is 5.48. The number of alkyl halides is 3. The van der Waals surface area contributed by atoms with Crippen LogP contribution in [0.5, 0.6) is 0 Å². The molecule has 1 saturated carbocycles. The molecule has 4 nitrogen and oxygen atoms in total. The minimum Gasteiger partial charge on any atom is -0.346 e. The summed E-state index contributed by atoms with van der Waals surface area (Å²) in [4.78, 5) is 15.7. The number of hydrogen-bond donors (Lipinski definition) is 2. The van der Waals surface area contributed by atoms with Gasteiger partial charge in [-0.3, -0.25) is 4.79 Å². The van der Waals surface area contributed by atoms with Crippen LogP contribution in [0.4, 0.5) is 13.2 Å². The quantitative estimate of drug-likeness (QED) is 0.879. The molecule has 1 aromatic heterocycles. The molecule has 2 bridgehead atoms. The molecule has 0 radical (unpaired) electrons. The van der Waals surface area contributed by atoms with Crippen molar-refractivity contribution in [2.45, 2.75) is 31.1 Å². The van der Waals surface area contributed by atoms with Crippen LogP contribution in [0.15, 0.2) is 12.3 Å². The Morgan fingerprint density at radius 2 is 2.19 bits per heavy atom. The number of hydrogen-bond acceptors (Lipinski definition) is 3. The van der Waals surface area contributed by atoms with Crippen molar-refractivity contribution < 1.29 is 18.0 Å². The Balaban J connectivity index is 1.76. The molecule has 2 aliphatic rings. The van der Waals surface area contributed by atoms with Gasteiger partial charge in [-0.2, -0.15) is 13.2 Å². The van der Waals surface area contributed by atoms with Crippen LogP contribution in [0.1, 0.15) is 28.9 Å². The van der Waals surface area contributed by atoms with E-state index in [1.807, 2.05) is 0 Å². The van der Waals surface area contributed by atoms with E-state index in [2.05, 4.69) is 15.6 Å². The molecule has 8 heteroatoms. The van der Waals surface area contributed by atoms with Gasteiger partial charge in [0.2, 0.25) is 0 Å². The number of pyridine rings is 1. The van der Waals surface area contributed by atoms with Crippen molar-refractivity contribution in [3.8, 4) is 0 Å². The fourth-order valence-electron chi connectivity index (χ4n) is 3.04. The van der Waals surface area contributed by atoms with Crippen LogP contribution >= 0.6 is 11.6 Å². The molecule has 1 saturated heterocycles. The first-order valence-corrected chi connectivity index (χ1v) is 6.99. The van der Waals surface area contributed by atoms with Crippen LogP contribution in [-0.2, 0) is 6.18 Å². The zero-order valence-electron chi connectivity index (χ0n) is 10.9. The minimum atomic E-state index is -4.61. The molecule has 114 valence electrons. The summed E-state index contributed by atoms with van der Waals surface area (Å²) in [6.45, 7) is 0.939. The van der Waals surface area contributed by atoms with E-state index in [0.717, 1.165) is 25.6 Å². The van der Waals surface area contributed by atoms with Gasteiger partial charge < -0.3 is 10.6 Å². The Kier molecular flexibility index (Phi) is 3.57. The lowest BCUT2D eigenvalue weighted by molar-refractivity contribution is -0.137. The molecular formula is C13H13ClF3N3O. The zero-order chi connectivity index (χ0) is 15.2. The number of aromatic nitrogens is 1. The van der Waals surface area contributed by atoms with Gasteiger partial charge >= 0.3 is 6.18 Å². The minimum absolute atomic E-state index is 0.0527. The monoisotopic (exact) mass is 319 g/mol. The second-order valence-corrected chi connectivity index (χ2v) is 5.89. The van der Waals surface area contributed by atoms with Crippen molar-refractivity contribution in [2.75, 3.05) is 6.54 Å². The number of nitrogens with zero attached hydrogens (tertiary/aromatic N) is 1. The van der Waals surface area contributed by atoms with E-state index in [9.17, 15) is 18.0 Å². The Labute approximate surface area is 124 Å². The molecule has 3 unspecified atom stereocenters. The second-order valence-electron chi connectivity index (χ2n) is 5.48. The van der Waals surface area contributed by atoms with Gasteiger partial charge in [0.1, 0.15) is 5.69 Å². The number of halogens is 4. The molecule has 3 atom stereocenters. The average Bonchev–Trinajstić information content (AvgIpc) is 3.00. The number of carbonyl (C=O) groups is 1. The highest BCUT2D eigenvalue weighted by atomic mass is 35.5. The molecule has 2 N–H and O–H groups in total. The van der Waals surface area contributed by atoms with Crippen LogP contribution < -0.4 is 10.6 Å². The van der Waals surface area contributed by atoms with Gasteiger partial charge in [-0.1, -0.05) is 11.6 Å². The van der Waals surface area contributed by atoms with Gasteiger partial charge in [-0.15, -0.1) is 0 Å². The molecule has 0 aromatic carbocycles. The lowest BCUT2D eigenvalue weighted by atomic mass is 10.1. The Morgan fingerprint density at radius 1 is 1.43 bits per heavy atom. The van der Waals surface area contributed by atoms with Crippen LogP contribution in [0.3, 0.4) is 0 Å². The van der Waals surface area contributed by atoms with Gasteiger partial charge in [-0.05, 0) is 31.4 Å². The largest absolute Gasteiger partial charge is 0.417 e. The van der Waals surface area contributed by atoms with Crippen molar-refractivity contribution >= 4 is 17.5 Å². The highest BCUT2D eigenvalue weighted by Gasteiger charge is 2.40. The molecule has 0 spiro atoms. The van der Waals surface area contributed by atoms with Crippen LogP contribution in [0.2, 0.25) is 5.02 Å². The first-order valence-electron chi connectivity index (χ1n) is 6.61. The fraction of sp³-hybridized carbons (Fsp3) is 0.538. The van der Waals surface area contributed by atoms with Gasteiger partial charge in [-0.25, -0.2) is 4.98 Å². The third-order valence-corrected chi connectivity index (χ3v) is 4.34. The predicted molar refractivity (Wildman–Crippen MR) is 70.0 cm³/mol. The third kappa shape index (κ3) is 2.85. The summed E-state index contributed by atoms with van der Waals surface area (Å²) in [6, 6.07) is 0.842. The lowest BCUT2D eigenvalue weighted by Gasteiger charge is -2.23. The number of nitrogens with one attached hydrogen (secondary N) is 2. The lowest BCUT2D eigenvalue weighted by Crippen LogP contribution is -2.48. The third-order valence-electron chi connectivity index (χ3n) is 4.04. The van der Waals surface area contributed by atoms with E-state index in [0.29, 0.717) is 12.0 Å². The Hall–Kier alpha value is -1.34. The first kappa shape index (κ1) is 14.6. The second kappa shape index (κ2) is 5.14. The molecule has 1 aromatic rings. The van der Waals surface area contributed by atoms with Crippen molar-refractivity contribution in [1.82, 2.24) is 15.6 Å². The van der Waals surface area contributed by atoms with E-state index in [4.69, 9.17) is 11.6 Å². The molecule has 2 fully saturated rings. The van der Waals surface area contributed by atoms with Gasteiger partial charge in [0.15, 0.2) is 0 Å². The molecule has 1 aliphatic heterocycles. The van der Waals surface area contributed by atoms with E-state index in [1.54, 1.807) is 0 Å². The summed E-state index contributed by atoms with van der Waals surface area (Å²) < 4.78 is 38.3. The number of carbonyl (C=O) groups excluding carboxylic acids is 1. The van der Waals surface area contributed by atoms with Gasteiger partial charge in [0.25, 0.3) is 5.91 Å². The van der Waals surface area contributed by atoms with Crippen molar-refractivity contribution in [3.63, 3.8) is 0 Å². The summed E-state index contributed by atoms with van der Waals surface area (Å²) in [5.74, 6) is -0.0688. The average molecular weight is 320 g/mol. The van der Waals surface area contributed by atoms with Crippen molar-refractivity contribution in [2.24, 2.45) is 5.92 Å². The predicted octanol–water partition coefficient (Wildman–Crippen LogP) is 2.23. The summed E-state index contributed by atoms with van der Waals surface area (Å²) in [5, 5.41) is 5.51.